The molecule has 1 N–H and O–H groups in total. The Kier molecular flexibility index (Phi) is 5.73. The first kappa shape index (κ1) is 14.9. The second kappa shape index (κ2) is 7.31. The van der Waals surface area contributed by atoms with E-state index in [4.69, 9.17) is 6.42 Å². The van der Waals surface area contributed by atoms with Crippen molar-refractivity contribution in [1.82, 2.24) is 10.2 Å². The number of terminal acetylenes is 1. The highest BCUT2D eigenvalue weighted by Gasteiger charge is 2.44. The van der Waals surface area contributed by atoms with E-state index >= 15 is 0 Å². The first-order valence-electron chi connectivity index (χ1n) is 8.19. The highest BCUT2D eigenvalue weighted by atomic mass is 15.2. The molecule has 1 heterocycles. The predicted octanol–water partition coefficient (Wildman–Crippen LogP) is 3.18. The van der Waals surface area contributed by atoms with Crippen LogP contribution in [0.3, 0.4) is 0 Å². The van der Waals surface area contributed by atoms with Gasteiger partial charge in [-0.3, -0.25) is 4.90 Å². The van der Waals surface area contributed by atoms with Crippen molar-refractivity contribution in [2.24, 2.45) is 0 Å². The topological polar surface area (TPSA) is 15.3 Å². The SMILES string of the molecule is C#CCCCC(NC)C1(N2CCCCC2)CCCC1. The number of rotatable bonds is 6. The normalized spacial score (nSPS) is 25.1. The molecule has 108 valence electrons. The number of likely N-dealkylation sites (N-methyl/N-ethyl adjacent to an activating group) is 1. The van der Waals surface area contributed by atoms with Gasteiger partial charge in [-0.05, 0) is 58.7 Å². The van der Waals surface area contributed by atoms with Gasteiger partial charge in [0.2, 0.25) is 0 Å². The van der Waals surface area contributed by atoms with Gasteiger partial charge >= 0.3 is 0 Å². The van der Waals surface area contributed by atoms with Crippen LogP contribution < -0.4 is 5.32 Å². The summed E-state index contributed by atoms with van der Waals surface area (Å²) in [6.45, 7) is 2.63. The van der Waals surface area contributed by atoms with Crippen LogP contribution in [0.5, 0.6) is 0 Å². The molecular weight excluding hydrogens is 232 g/mol. The van der Waals surface area contributed by atoms with E-state index < -0.39 is 0 Å². The summed E-state index contributed by atoms with van der Waals surface area (Å²) in [6, 6.07) is 0.626. The Bertz CT molecular complexity index is 293. The van der Waals surface area contributed by atoms with Crippen LogP contribution in [-0.4, -0.2) is 36.6 Å². The average molecular weight is 262 g/mol. The van der Waals surface area contributed by atoms with E-state index in [0.29, 0.717) is 11.6 Å². The Labute approximate surface area is 119 Å². The molecule has 2 nitrogen and oxygen atoms in total. The Morgan fingerprint density at radius 2 is 1.84 bits per heavy atom. The maximum Gasteiger partial charge on any atom is 0.0362 e. The van der Waals surface area contributed by atoms with Crippen LogP contribution in [0.2, 0.25) is 0 Å². The molecule has 1 aliphatic heterocycles. The van der Waals surface area contributed by atoms with E-state index in [1.165, 1.54) is 64.5 Å². The van der Waals surface area contributed by atoms with Crippen molar-refractivity contribution >= 4 is 0 Å². The minimum atomic E-state index is 0.434. The molecule has 0 bridgehead atoms. The van der Waals surface area contributed by atoms with E-state index in [9.17, 15) is 0 Å². The lowest BCUT2D eigenvalue weighted by Gasteiger charge is -2.48. The highest BCUT2D eigenvalue weighted by Crippen LogP contribution is 2.40. The van der Waals surface area contributed by atoms with E-state index in [1.54, 1.807) is 0 Å². The summed E-state index contributed by atoms with van der Waals surface area (Å²) < 4.78 is 0. The molecule has 0 aromatic rings. The fourth-order valence-electron chi connectivity index (χ4n) is 4.30. The molecule has 0 aromatic carbocycles. The highest BCUT2D eigenvalue weighted by molar-refractivity contribution is 5.04. The van der Waals surface area contributed by atoms with E-state index in [0.717, 1.165) is 12.8 Å². The van der Waals surface area contributed by atoms with Gasteiger partial charge in [-0.15, -0.1) is 12.3 Å². The summed E-state index contributed by atoms with van der Waals surface area (Å²) in [5, 5.41) is 3.63. The summed E-state index contributed by atoms with van der Waals surface area (Å²) in [5.41, 5.74) is 0.434. The van der Waals surface area contributed by atoms with E-state index in [2.05, 4.69) is 23.2 Å². The molecule has 1 saturated heterocycles. The molecule has 0 amide bonds. The van der Waals surface area contributed by atoms with Gasteiger partial charge in [0.25, 0.3) is 0 Å². The molecule has 19 heavy (non-hydrogen) atoms. The quantitative estimate of drug-likeness (QED) is 0.584. The standard InChI is InChI=1S/C17H30N2/c1-3-4-6-11-16(18-2)17(12-7-8-13-17)19-14-9-5-10-15-19/h1,16,18H,4-15H2,2H3. The van der Waals surface area contributed by atoms with Crippen molar-refractivity contribution in [3.05, 3.63) is 0 Å². The number of unbranched alkanes of at least 4 members (excludes halogenated alkanes) is 1. The molecule has 2 fully saturated rings. The molecule has 0 radical (unpaired) electrons. The van der Waals surface area contributed by atoms with Gasteiger partial charge in [0.15, 0.2) is 0 Å². The second-order valence-corrected chi connectivity index (χ2v) is 6.30. The Morgan fingerprint density at radius 1 is 1.16 bits per heavy atom. The van der Waals surface area contributed by atoms with Crippen molar-refractivity contribution in [2.45, 2.75) is 75.8 Å². The van der Waals surface area contributed by atoms with Crippen LogP contribution in [0, 0.1) is 12.3 Å². The van der Waals surface area contributed by atoms with E-state index in [-0.39, 0.29) is 0 Å². The lowest BCUT2D eigenvalue weighted by atomic mass is 9.82. The van der Waals surface area contributed by atoms with Crippen molar-refractivity contribution in [3.8, 4) is 12.3 Å². The summed E-state index contributed by atoms with van der Waals surface area (Å²) in [4.78, 5) is 2.82. The van der Waals surface area contributed by atoms with Gasteiger partial charge in [-0.2, -0.15) is 0 Å². The number of nitrogens with one attached hydrogen (secondary N) is 1. The molecule has 1 aliphatic carbocycles. The monoisotopic (exact) mass is 262 g/mol. The molecule has 2 rings (SSSR count). The Balaban J connectivity index is 2.05. The zero-order chi connectivity index (χ0) is 13.6. The number of hydrogen-bond acceptors (Lipinski definition) is 2. The van der Waals surface area contributed by atoms with Crippen LogP contribution in [0.15, 0.2) is 0 Å². The van der Waals surface area contributed by atoms with Gasteiger partial charge in [-0.1, -0.05) is 19.3 Å². The van der Waals surface area contributed by atoms with Gasteiger partial charge in [0.05, 0.1) is 0 Å². The average Bonchev–Trinajstić information content (AvgIpc) is 2.95. The third-order valence-electron chi connectivity index (χ3n) is 5.27. The molecule has 1 atom stereocenters. The van der Waals surface area contributed by atoms with Crippen LogP contribution in [0.4, 0.5) is 0 Å². The van der Waals surface area contributed by atoms with Gasteiger partial charge < -0.3 is 5.32 Å². The van der Waals surface area contributed by atoms with Crippen LogP contribution in [-0.2, 0) is 0 Å². The molecule has 0 spiro atoms. The van der Waals surface area contributed by atoms with Crippen LogP contribution >= 0.6 is 0 Å². The molecule has 1 unspecified atom stereocenters. The first-order chi connectivity index (χ1) is 9.33. The van der Waals surface area contributed by atoms with Crippen molar-refractivity contribution in [2.75, 3.05) is 20.1 Å². The van der Waals surface area contributed by atoms with Crippen LogP contribution in [0.25, 0.3) is 0 Å². The number of hydrogen-bond donors (Lipinski definition) is 1. The maximum absolute atomic E-state index is 5.40. The predicted molar refractivity (Wildman–Crippen MR) is 82.2 cm³/mol. The Morgan fingerprint density at radius 3 is 2.42 bits per heavy atom. The lowest BCUT2D eigenvalue weighted by molar-refractivity contribution is 0.0358. The molecule has 2 aliphatic rings. The zero-order valence-corrected chi connectivity index (χ0v) is 12.6. The summed E-state index contributed by atoms with van der Waals surface area (Å²) in [6.07, 6.45) is 18.5. The van der Waals surface area contributed by atoms with Crippen LogP contribution in [0.1, 0.15) is 64.2 Å². The summed E-state index contributed by atoms with van der Waals surface area (Å²) in [7, 11) is 2.14. The minimum Gasteiger partial charge on any atom is -0.315 e. The third-order valence-corrected chi connectivity index (χ3v) is 5.27. The third kappa shape index (κ3) is 3.33. The van der Waals surface area contributed by atoms with Crippen molar-refractivity contribution in [3.63, 3.8) is 0 Å². The smallest absolute Gasteiger partial charge is 0.0362 e. The minimum absolute atomic E-state index is 0.434. The van der Waals surface area contributed by atoms with Gasteiger partial charge in [0, 0.05) is 18.0 Å². The number of piperidine rings is 1. The zero-order valence-electron chi connectivity index (χ0n) is 12.6. The lowest BCUT2D eigenvalue weighted by Crippen LogP contribution is -2.60. The maximum atomic E-state index is 5.40. The van der Waals surface area contributed by atoms with E-state index in [1.807, 2.05) is 0 Å². The number of nitrogens with zero attached hydrogens (tertiary/aromatic N) is 1. The molecular formula is C17H30N2. The van der Waals surface area contributed by atoms with Crippen molar-refractivity contribution in [1.29, 1.82) is 0 Å². The molecule has 1 saturated carbocycles. The van der Waals surface area contributed by atoms with Crippen molar-refractivity contribution < 1.29 is 0 Å². The van der Waals surface area contributed by atoms with Gasteiger partial charge in [0.1, 0.15) is 0 Å². The Hall–Kier alpha value is -0.520. The number of likely N-dealkylation sites (tertiary alicyclic amines) is 1. The fourth-order valence-corrected chi connectivity index (χ4v) is 4.30. The van der Waals surface area contributed by atoms with Gasteiger partial charge in [-0.25, -0.2) is 0 Å². The summed E-state index contributed by atoms with van der Waals surface area (Å²) in [5.74, 6) is 2.79. The fraction of sp³-hybridized carbons (Fsp3) is 0.882. The second-order valence-electron chi connectivity index (χ2n) is 6.30. The first-order valence-corrected chi connectivity index (χ1v) is 8.19. The summed E-state index contributed by atoms with van der Waals surface area (Å²) >= 11 is 0. The molecule has 0 aromatic heterocycles. The molecule has 2 heteroatoms. The largest absolute Gasteiger partial charge is 0.315 e.